The number of rotatable bonds is 4. The molecule has 0 bridgehead atoms. The molecule has 4 heteroatoms. The Labute approximate surface area is 121 Å². The van der Waals surface area contributed by atoms with Gasteiger partial charge in [0.15, 0.2) is 0 Å². The number of carbonyl (C=O) groups excluding carboxylic acids is 1. The topological polar surface area (TPSA) is 33.5 Å². The number of amides is 1. The average molecular weight is 322 g/mol. The van der Waals surface area contributed by atoms with Crippen LogP contribution in [0.15, 0.2) is 45.5 Å². The molecule has 0 atom stereocenters. The van der Waals surface area contributed by atoms with Gasteiger partial charge in [0, 0.05) is 16.6 Å². The van der Waals surface area contributed by atoms with Gasteiger partial charge in [0.2, 0.25) is 0 Å². The lowest BCUT2D eigenvalue weighted by molar-refractivity contribution is 0.0741. The minimum Gasteiger partial charge on any atom is -0.467 e. The lowest BCUT2D eigenvalue weighted by Gasteiger charge is -2.20. The third-order valence-electron chi connectivity index (χ3n) is 3.01. The highest BCUT2D eigenvalue weighted by Gasteiger charge is 2.16. The summed E-state index contributed by atoms with van der Waals surface area (Å²) in [5.74, 6) is 0.806. The van der Waals surface area contributed by atoms with E-state index in [1.807, 2.05) is 44.2 Å². The zero-order valence-electron chi connectivity index (χ0n) is 11.0. The Morgan fingerprint density at radius 3 is 2.74 bits per heavy atom. The van der Waals surface area contributed by atoms with E-state index in [0.29, 0.717) is 18.7 Å². The second-order valence-electron chi connectivity index (χ2n) is 4.36. The lowest BCUT2D eigenvalue weighted by atomic mass is 10.1. The van der Waals surface area contributed by atoms with Crippen LogP contribution < -0.4 is 0 Å². The van der Waals surface area contributed by atoms with Gasteiger partial charge in [-0.25, -0.2) is 0 Å². The molecule has 1 heterocycles. The smallest absolute Gasteiger partial charge is 0.254 e. The van der Waals surface area contributed by atoms with Gasteiger partial charge in [-0.05, 0) is 43.7 Å². The van der Waals surface area contributed by atoms with E-state index < -0.39 is 0 Å². The van der Waals surface area contributed by atoms with E-state index in [9.17, 15) is 4.79 Å². The van der Waals surface area contributed by atoms with Crippen LogP contribution in [0.2, 0.25) is 0 Å². The molecule has 3 nitrogen and oxygen atoms in total. The monoisotopic (exact) mass is 321 g/mol. The summed E-state index contributed by atoms with van der Waals surface area (Å²) in [5.41, 5.74) is 1.80. The number of nitrogens with zero attached hydrogens (tertiary/aromatic N) is 1. The van der Waals surface area contributed by atoms with Crippen LogP contribution in [0.3, 0.4) is 0 Å². The molecule has 0 saturated carbocycles. The number of furan rings is 1. The van der Waals surface area contributed by atoms with Crippen molar-refractivity contribution in [1.29, 1.82) is 0 Å². The molecule has 2 aromatic rings. The Hall–Kier alpha value is -1.55. The zero-order chi connectivity index (χ0) is 13.8. The molecule has 0 fully saturated rings. The van der Waals surface area contributed by atoms with Crippen LogP contribution in [0.25, 0.3) is 0 Å². The lowest BCUT2D eigenvalue weighted by Crippen LogP contribution is -2.30. The van der Waals surface area contributed by atoms with E-state index >= 15 is 0 Å². The van der Waals surface area contributed by atoms with Crippen molar-refractivity contribution in [3.05, 3.63) is 58.0 Å². The third-order valence-corrected chi connectivity index (χ3v) is 3.87. The first-order valence-corrected chi connectivity index (χ1v) is 6.99. The second-order valence-corrected chi connectivity index (χ2v) is 5.22. The van der Waals surface area contributed by atoms with Crippen LogP contribution in [-0.2, 0) is 6.54 Å². The molecule has 1 amide bonds. The minimum absolute atomic E-state index is 0.0135. The van der Waals surface area contributed by atoms with Crippen molar-refractivity contribution in [2.24, 2.45) is 0 Å². The SMILES string of the molecule is CCN(Cc1ccco1)C(=O)c1ccc(C)c(Br)c1. The summed E-state index contributed by atoms with van der Waals surface area (Å²) in [7, 11) is 0. The van der Waals surface area contributed by atoms with Crippen LogP contribution >= 0.6 is 15.9 Å². The fraction of sp³-hybridized carbons (Fsp3) is 0.267. The van der Waals surface area contributed by atoms with Gasteiger partial charge in [0.25, 0.3) is 5.91 Å². The fourth-order valence-electron chi connectivity index (χ4n) is 1.83. The highest BCUT2D eigenvalue weighted by Crippen LogP contribution is 2.19. The summed E-state index contributed by atoms with van der Waals surface area (Å²) in [4.78, 5) is 14.2. The number of hydrogen-bond donors (Lipinski definition) is 0. The first-order valence-electron chi connectivity index (χ1n) is 6.19. The van der Waals surface area contributed by atoms with Crippen LogP contribution in [0.4, 0.5) is 0 Å². The quantitative estimate of drug-likeness (QED) is 0.852. The summed E-state index contributed by atoms with van der Waals surface area (Å²) < 4.78 is 6.24. The molecule has 0 unspecified atom stereocenters. The van der Waals surface area contributed by atoms with Crippen LogP contribution in [0.5, 0.6) is 0 Å². The maximum Gasteiger partial charge on any atom is 0.254 e. The molecular formula is C15H16BrNO2. The molecule has 0 aliphatic rings. The van der Waals surface area contributed by atoms with E-state index in [1.54, 1.807) is 11.2 Å². The first kappa shape index (κ1) is 13.9. The Bertz CT molecular complexity index is 564. The fourth-order valence-corrected chi connectivity index (χ4v) is 2.21. The normalized spacial score (nSPS) is 10.5. The third kappa shape index (κ3) is 3.26. The Morgan fingerprint density at radius 1 is 1.37 bits per heavy atom. The molecule has 2 rings (SSSR count). The van der Waals surface area contributed by atoms with Gasteiger partial charge >= 0.3 is 0 Å². The first-order chi connectivity index (χ1) is 9.11. The highest BCUT2D eigenvalue weighted by molar-refractivity contribution is 9.10. The molecule has 0 aliphatic carbocycles. The summed E-state index contributed by atoms with van der Waals surface area (Å²) in [6.07, 6.45) is 1.62. The standard InChI is InChI=1S/C15H16BrNO2/c1-3-17(10-13-5-4-8-19-13)15(18)12-7-6-11(2)14(16)9-12/h4-9H,3,10H2,1-2H3. The maximum atomic E-state index is 12.4. The van der Waals surface area contributed by atoms with Gasteiger partial charge in [-0.3, -0.25) is 4.79 Å². The number of hydrogen-bond acceptors (Lipinski definition) is 2. The molecule has 0 aliphatic heterocycles. The van der Waals surface area contributed by atoms with E-state index in [4.69, 9.17) is 4.42 Å². The van der Waals surface area contributed by atoms with E-state index in [-0.39, 0.29) is 5.91 Å². The van der Waals surface area contributed by atoms with Crippen LogP contribution in [-0.4, -0.2) is 17.4 Å². The van der Waals surface area contributed by atoms with Crippen molar-refractivity contribution in [3.8, 4) is 0 Å². The molecule has 0 spiro atoms. The Balaban J connectivity index is 2.18. The summed E-state index contributed by atoms with van der Waals surface area (Å²) in [6.45, 7) is 5.10. The number of benzene rings is 1. The summed E-state index contributed by atoms with van der Waals surface area (Å²) in [5, 5.41) is 0. The van der Waals surface area contributed by atoms with Crippen molar-refractivity contribution in [2.45, 2.75) is 20.4 Å². The molecule has 100 valence electrons. The van der Waals surface area contributed by atoms with E-state index in [0.717, 1.165) is 15.8 Å². The largest absolute Gasteiger partial charge is 0.467 e. The van der Waals surface area contributed by atoms with Gasteiger partial charge in [0.1, 0.15) is 5.76 Å². The molecule has 0 radical (unpaired) electrons. The Morgan fingerprint density at radius 2 is 2.16 bits per heavy atom. The summed E-state index contributed by atoms with van der Waals surface area (Å²) in [6, 6.07) is 9.37. The predicted molar refractivity (Wildman–Crippen MR) is 78.0 cm³/mol. The molecule has 1 aromatic heterocycles. The van der Waals surface area contributed by atoms with Crippen molar-refractivity contribution in [2.75, 3.05) is 6.54 Å². The highest BCUT2D eigenvalue weighted by atomic mass is 79.9. The van der Waals surface area contributed by atoms with E-state index in [1.165, 1.54) is 0 Å². The van der Waals surface area contributed by atoms with Crippen molar-refractivity contribution in [3.63, 3.8) is 0 Å². The van der Waals surface area contributed by atoms with Gasteiger partial charge < -0.3 is 9.32 Å². The van der Waals surface area contributed by atoms with Gasteiger partial charge in [-0.1, -0.05) is 22.0 Å². The summed E-state index contributed by atoms with van der Waals surface area (Å²) >= 11 is 3.46. The van der Waals surface area contributed by atoms with Gasteiger partial charge in [0.05, 0.1) is 12.8 Å². The van der Waals surface area contributed by atoms with Gasteiger partial charge in [-0.2, -0.15) is 0 Å². The second kappa shape index (κ2) is 6.06. The maximum absolute atomic E-state index is 12.4. The molecular weight excluding hydrogens is 306 g/mol. The average Bonchev–Trinajstić information content (AvgIpc) is 2.91. The van der Waals surface area contributed by atoms with Gasteiger partial charge in [-0.15, -0.1) is 0 Å². The molecule has 19 heavy (non-hydrogen) atoms. The van der Waals surface area contributed by atoms with Crippen molar-refractivity contribution < 1.29 is 9.21 Å². The number of carbonyl (C=O) groups is 1. The van der Waals surface area contributed by atoms with Crippen LogP contribution in [0.1, 0.15) is 28.6 Å². The number of aryl methyl sites for hydroxylation is 1. The Kier molecular flexibility index (Phi) is 4.43. The number of halogens is 1. The minimum atomic E-state index is 0.0135. The molecule has 1 aromatic carbocycles. The van der Waals surface area contributed by atoms with Crippen molar-refractivity contribution >= 4 is 21.8 Å². The molecule has 0 N–H and O–H groups in total. The van der Waals surface area contributed by atoms with E-state index in [2.05, 4.69) is 15.9 Å². The molecule has 0 saturated heterocycles. The van der Waals surface area contributed by atoms with Crippen molar-refractivity contribution in [1.82, 2.24) is 4.90 Å². The van der Waals surface area contributed by atoms with Crippen LogP contribution in [0, 0.1) is 6.92 Å². The zero-order valence-corrected chi connectivity index (χ0v) is 12.6. The predicted octanol–water partition coefficient (Wildman–Crippen LogP) is 4.01.